The highest BCUT2D eigenvalue weighted by molar-refractivity contribution is 5.93. The molecule has 15 heavy (non-hydrogen) atoms. The summed E-state index contributed by atoms with van der Waals surface area (Å²) in [6.45, 7) is 5.83. The topological polar surface area (TPSA) is 20.3 Å². The average Bonchev–Trinajstić information content (AvgIpc) is 2.16. The molecule has 2 rings (SSSR count). The highest BCUT2D eigenvalue weighted by atomic mass is 16.2. The number of aryl methyl sites for hydroxylation is 2. The molecule has 1 aliphatic heterocycles. The van der Waals surface area contributed by atoms with Crippen LogP contribution in [0.3, 0.4) is 0 Å². The highest BCUT2D eigenvalue weighted by Gasteiger charge is 2.25. The van der Waals surface area contributed by atoms with E-state index >= 15 is 0 Å². The van der Waals surface area contributed by atoms with E-state index in [1.165, 1.54) is 11.1 Å². The normalized spacial score (nSPS) is 19.9. The van der Waals surface area contributed by atoms with Crippen LogP contribution < -0.4 is 4.90 Å². The zero-order valence-corrected chi connectivity index (χ0v) is 9.58. The summed E-state index contributed by atoms with van der Waals surface area (Å²) in [6.07, 6.45) is 2.15. The van der Waals surface area contributed by atoms with E-state index in [4.69, 9.17) is 0 Å². The lowest BCUT2D eigenvalue weighted by Gasteiger charge is -2.34. The SMILES string of the molecule is CC(=O)N1c2cc(C)ccc2CCC1C. The largest absolute Gasteiger partial charge is 0.310 e. The molecule has 2 heteroatoms. The minimum atomic E-state index is 0.147. The maximum absolute atomic E-state index is 11.6. The predicted molar refractivity (Wildman–Crippen MR) is 62.1 cm³/mol. The first-order valence-electron chi connectivity index (χ1n) is 5.49. The van der Waals surface area contributed by atoms with Crippen LogP contribution >= 0.6 is 0 Å². The predicted octanol–water partition coefficient (Wildman–Crippen LogP) is 2.68. The van der Waals surface area contributed by atoms with Crippen molar-refractivity contribution in [1.29, 1.82) is 0 Å². The number of hydrogen-bond acceptors (Lipinski definition) is 1. The van der Waals surface area contributed by atoms with E-state index in [0.717, 1.165) is 18.5 Å². The Morgan fingerprint density at radius 1 is 1.47 bits per heavy atom. The van der Waals surface area contributed by atoms with Gasteiger partial charge in [0.25, 0.3) is 0 Å². The minimum absolute atomic E-state index is 0.147. The van der Waals surface area contributed by atoms with Gasteiger partial charge in [-0.25, -0.2) is 0 Å². The van der Waals surface area contributed by atoms with Gasteiger partial charge >= 0.3 is 0 Å². The van der Waals surface area contributed by atoms with Crippen LogP contribution in [0.4, 0.5) is 5.69 Å². The Kier molecular flexibility index (Phi) is 2.51. The first kappa shape index (κ1) is 10.2. The summed E-state index contributed by atoms with van der Waals surface area (Å²) in [5.74, 6) is 0.147. The zero-order valence-electron chi connectivity index (χ0n) is 9.58. The molecular weight excluding hydrogens is 186 g/mol. The lowest BCUT2D eigenvalue weighted by Crippen LogP contribution is -2.40. The van der Waals surface area contributed by atoms with E-state index in [-0.39, 0.29) is 5.91 Å². The second-order valence-corrected chi connectivity index (χ2v) is 4.41. The van der Waals surface area contributed by atoms with Crippen molar-refractivity contribution in [3.05, 3.63) is 29.3 Å². The van der Waals surface area contributed by atoms with Gasteiger partial charge in [-0.1, -0.05) is 12.1 Å². The summed E-state index contributed by atoms with van der Waals surface area (Å²) < 4.78 is 0. The van der Waals surface area contributed by atoms with Crippen molar-refractivity contribution in [3.63, 3.8) is 0 Å². The highest BCUT2D eigenvalue weighted by Crippen LogP contribution is 2.31. The third-order valence-electron chi connectivity index (χ3n) is 3.11. The van der Waals surface area contributed by atoms with Crippen molar-refractivity contribution in [1.82, 2.24) is 0 Å². The molecule has 1 amide bonds. The second-order valence-electron chi connectivity index (χ2n) is 4.41. The fourth-order valence-corrected chi connectivity index (χ4v) is 2.32. The Morgan fingerprint density at radius 2 is 2.20 bits per heavy atom. The van der Waals surface area contributed by atoms with Gasteiger partial charge in [-0.3, -0.25) is 4.79 Å². The van der Waals surface area contributed by atoms with E-state index < -0.39 is 0 Å². The minimum Gasteiger partial charge on any atom is -0.310 e. The quantitative estimate of drug-likeness (QED) is 0.635. The number of amides is 1. The monoisotopic (exact) mass is 203 g/mol. The summed E-state index contributed by atoms with van der Waals surface area (Å²) >= 11 is 0. The summed E-state index contributed by atoms with van der Waals surface area (Å²) in [5.41, 5.74) is 3.63. The van der Waals surface area contributed by atoms with Crippen molar-refractivity contribution >= 4 is 11.6 Å². The van der Waals surface area contributed by atoms with Gasteiger partial charge in [0, 0.05) is 18.7 Å². The van der Waals surface area contributed by atoms with Gasteiger partial charge in [-0.05, 0) is 43.9 Å². The third-order valence-corrected chi connectivity index (χ3v) is 3.11. The number of nitrogens with zero attached hydrogens (tertiary/aromatic N) is 1. The Labute approximate surface area is 90.9 Å². The molecule has 1 aliphatic rings. The number of anilines is 1. The van der Waals surface area contributed by atoms with Gasteiger partial charge in [-0.15, -0.1) is 0 Å². The van der Waals surface area contributed by atoms with Gasteiger partial charge < -0.3 is 4.90 Å². The van der Waals surface area contributed by atoms with Crippen LogP contribution in [-0.2, 0) is 11.2 Å². The van der Waals surface area contributed by atoms with Crippen LogP contribution in [0.2, 0.25) is 0 Å². The molecule has 1 heterocycles. The van der Waals surface area contributed by atoms with E-state index in [1.54, 1.807) is 6.92 Å². The summed E-state index contributed by atoms with van der Waals surface area (Å²) in [6, 6.07) is 6.71. The summed E-state index contributed by atoms with van der Waals surface area (Å²) in [5, 5.41) is 0. The molecule has 1 aromatic rings. The summed E-state index contributed by atoms with van der Waals surface area (Å²) in [4.78, 5) is 13.5. The van der Waals surface area contributed by atoms with Crippen molar-refractivity contribution < 1.29 is 4.79 Å². The smallest absolute Gasteiger partial charge is 0.224 e. The molecule has 0 fully saturated rings. The Morgan fingerprint density at radius 3 is 2.87 bits per heavy atom. The second kappa shape index (κ2) is 3.69. The van der Waals surface area contributed by atoms with Crippen LogP contribution in [0.15, 0.2) is 18.2 Å². The molecule has 80 valence electrons. The average molecular weight is 203 g/mol. The molecule has 2 nitrogen and oxygen atoms in total. The lowest BCUT2D eigenvalue weighted by atomic mass is 9.95. The van der Waals surface area contributed by atoms with Crippen molar-refractivity contribution in [2.24, 2.45) is 0 Å². The Balaban J connectivity index is 2.50. The Hall–Kier alpha value is -1.31. The molecule has 0 saturated heterocycles. The number of hydrogen-bond donors (Lipinski definition) is 0. The van der Waals surface area contributed by atoms with Crippen molar-refractivity contribution in [3.8, 4) is 0 Å². The van der Waals surface area contributed by atoms with E-state index in [1.807, 2.05) is 4.90 Å². The molecule has 0 spiro atoms. The first-order chi connectivity index (χ1) is 7.09. The number of benzene rings is 1. The molecular formula is C13H17NO. The summed E-state index contributed by atoms with van der Waals surface area (Å²) in [7, 11) is 0. The maximum Gasteiger partial charge on any atom is 0.224 e. The van der Waals surface area contributed by atoms with Crippen LogP contribution in [0.5, 0.6) is 0 Å². The van der Waals surface area contributed by atoms with Crippen LogP contribution in [-0.4, -0.2) is 11.9 Å². The number of carbonyl (C=O) groups is 1. The first-order valence-corrected chi connectivity index (χ1v) is 5.49. The van der Waals surface area contributed by atoms with Crippen LogP contribution in [0.25, 0.3) is 0 Å². The van der Waals surface area contributed by atoms with E-state index in [2.05, 4.69) is 32.0 Å². The van der Waals surface area contributed by atoms with Gasteiger partial charge in [0.1, 0.15) is 0 Å². The van der Waals surface area contributed by atoms with Gasteiger partial charge in [-0.2, -0.15) is 0 Å². The van der Waals surface area contributed by atoms with Crippen molar-refractivity contribution in [2.75, 3.05) is 4.90 Å². The fraction of sp³-hybridized carbons (Fsp3) is 0.462. The molecule has 0 radical (unpaired) electrons. The molecule has 0 bridgehead atoms. The van der Waals surface area contributed by atoms with E-state index in [9.17, 15) is 4.79 Å². The maximum atomic E-state index is 11.6. The van der Waals surface area contributed by atoms with Gasteiger partial charge in [0.05, 0.1) is 0 Å². The molecule has 0 aromatic heterocycles. The Bertz CT molecular complexity index is 398. The van der Waals surface area contributed by atoms with Crippen molar-refractivity contribution in [2.45, 2.75) is 39.7 Å². The van der Waals surface area contributed by atoms with Crippen LogP contribution in [0.1, 0.15) is 31.4 Å². The molecule has 0 saturated carbocycles. The number of rotatable bonds is 0. The standard InChI is InChI=1S/C13H17NO/c1-9-4-6-12-7-5-10(2)14(11(3)15)13(12)8-9/h4,6,8,10H,5,7H2,1-3H3. The molecule has 0 aliphatic carbocycles. The molecule has 1 aromatic carbocycles. The van der Waals surface area contributed by atoms with Gasteiger partial charge in [0.2, 0.25) is 5.91 Å². The molecule has 0 N–H and O–H groups in total. The third kappa shape index (κ3) is 1.76. The zero-order chi connectivity index (χ0) is 11.0. The molecule has 1 unspecified atom stereocenters. The molecule has 1 atom stereocenters. The fourth-order valence-electron chi connectivity index (χ4n) is 2.32. The van der Waals surface area contributed by atoms with Crippen LogP contribution in [0, 0.1) is 6.92 Å². The lowest BCUT2D eigenvalue weighted by molar-refractivity contribution is -0.117. The number of fused-ring (bicyclic) bond motifs is 1. The van der Waals surface area contributed by atoms with E-state index in [0.29, 0.717) is 6.04 Å². The number of carbonyl (C=O) groups excluding carboxylic acids is 1. The van der Waals surface area contributed by atoms with Gasteiger partial charge in [0.15, 0.2) is 0 Å².